The predicted molar refractivity (Wildman–Crippen MR) is 59.8 cm³/mol. The molecule has 0 aliphatic heterocycles. The van der Waals surface area contributed by atoms with Crippen molar-refractivity contribution in [1.29, 1.82) is 0 Å². The average molecular weight is 262 g/mol. The van der Waals surface area contributed by atoms with E-state index in [9.17, 15) is 8.42 Å². The van der Waals surface area contributed by atoms with Gasteiger partial charge in [-0.2, -0.15) is 0 Å². The molecule has 2 aromatic rings. The molecule has 1 aromatic carbocycles. The quantitative estimate of drug-likeness (QED) is 0.742. The second-order valence-electron chi connectivity index (χ2n) is 2.90. The Labute approximate surface area is 96.1 Å². The van der Waals surface area contributed by atoms with Crippen LogP contribution in [0, 0.1) is 0 Å². The zero-order valence-corrected chi connectivity index (χ0v) is 9.64. The Morgan fingerprint density at radius 3 is 2.53 bits per heavy atom. The van der Waals surface area contributed by atoms with Crippen molar-refractivity contribution in [2.45, 2.75) is 4.90 Å². The molecule has 1 aromatic heterocycles. The fourth-order valence-corrected chi connectivity index (χ4v) is 2.63. The van der Waals surface area contributed by atoms with Gasteiger partial charge in [0.1, 0.15) is 0 Å². The molecule has 0 bridgehead atoms. The molecule has 0 aliphatic rings. The van der Waals surface area contributed by atoms with E-state index in [0.29, 0.717) is 15.8 Å². The molecule has 0 unspecified atom stereocenters. The Hall–Kier alpha value is -0.840. The molecule has 3 nitrogen and oxygen atoms in total. The molecular weight excluding hydrogens is 257 g/mol. The predicted octanol–water partition coefficient (Wildman–Crippen LogP) is 2.82. The summed E-state index contributed by atoms with van der Waals surface area (Å²) in [6.07, 6.45) is 2.97. The van der Waals surface area contributed by atoms with E-state index in [0.717, 1.165) is 0 Å². The van der Waals surface area contributed by atoms with Gasteiger partial charge in [-0.05, 0) is 18.2 Å². The molecule has 0 fully saturated rings. The van der Waals surface area contributed by atoms with Crippen molar-refractivity contribution in [3.05, 3.63) is 35.6 Å². The lowest BCUT2D eigenvalue weighted by Crippen LogP contribution is -1.92. The first kappa shape index (κ1) is 10.7. The van der Waals surface area contributed by atoms with Gasteiger partial charge in [-0.3, -0.25) is 4.98 Å². The van der Waals surface area contributed by atoms with E-state index in [1.54, 1.807) is 12.3 Å². The molecule has 0 N–H and O–H groups in total. The number of pyridine rings is 1. The van der Waals surface area contributed by atoms with E-state index in [-0.39, 0.29) is 4.90 Å². The van der Waals surface area contributed by atoms with Gasteiger partial charge in [0.15, 0.2) is 0 Å². The van der Waals surface area contributed by atoms with Crippen molar-refractivity contribution in [2.75, 3.05) is 0 Å². The first-order valence-corrected chi connectivity index (χ1v) is 6.66. The van der Waals surface area contributed by atoms with Gasteiger partial charge in [0.2, 0.25) is 0 Å². The van der Waals surface area contributed by atoms with Crippen LogP contribution in [0.5, 0.6) is 0 Å². The van der Waals surface area contributed by atoms with Gasteiger partial charge in [0, 0.05) is 38.9 Å². The molecule has 1 heterocycles. The second kappa shape index (κ2) is 3.63. The lowest BCUT2D eigenvalue weighted by molar-refractivity contribution is 0.610. The van der Waals surface area contributed by atoms with Crippen LogP contribution < -0.4 is 0 Å². The van der Waals surface area contributed by atoms with Crippen LogP contribution in [0.2, 0.25) is 5.02 Å². The fraction of sp³-hybridized carbons (Fsp3) is 0. The van der Waals surface area contributed by atoms with Crippen LogP contribution in [0.15, 0.2) is 35.5 Å². The summed E-state index contributed by atoms with van der Waals surface area (Å²) in [4.78, 5) is 3.87. The van der Waals surface area contributed by atoms with Crippen molar-refractivity contribution in [3.63, 3.8) is 0 Å². The largest absolute Gasteiger partial charge is 0.264 e. The van der Waals surface area contributed by atoms with Crippen LogP contribution in [-0.4, -0.2) is 13.4 Å². The first-order chi connectivity index (χ1) is 7.00. The van der Waals surface area contributed by atoms with E-state index < -0.39 is 9.05 Å². The lowest BCUT2D eigenvalue weighted by atomic mass is 10.2. The van der Waals surface area contributed by atoms with Crippen LogP contribution in [0.1, 0.15) is 0 Å². The topological polar surface area (TPSA) is 47.0 Å². The van der Waals surface area contributed by atoms with Crippen LogP contribution in [0.25, 0.3) is 10.8 Å². The molecule has 0 spiro atoms. The monoisotopic (exact) mass is 261 g/mol. The second-order valence-corrected chi connectivity index (χ2v) is 5.85. The van der Waals surface area contributed by atoms with E-state index in [1.165, 1.54) is 18.3 Å². The van der Waals surface area contributed by atoms with Crippen molar-refractivity contribution in [2.24, 2.45) is 0 Å². The fourth-order valence-electron chi connectivity index (χ4n) is 1.34. The standard InChI is InChI=1S/C9H5Cl2NO2S/c10-8-1-2-9(15(11,13)14)7-5-12-4-3-6(7)8/h1-5H. The Bertz CT molecular complexity index is 625. The minimum absolute atomic E-state index is 0.0247. The summed E-state index contributed by atoms with van der Waals surface area (Å²) in [6, 6.07) is 4.51. The van der Waals surface area contributed by atoms with E-state index in [1.807, 2.05) is 0 Å². The summed E-state index contributed by atoms with van der Waals surface area (Å²) >= 11 is 5.91. The number of benzene rings is 1. The highest BCUT2D eigenvalue weighted by Gasteiger charge is 2.15. The number of hydrogen-bond acceptors (Lipinski definition) is 3. The third-order valence-corrected chi connectivity index (χ3v) is 3.70. The minimum atomic E-state index is -3.77. The molecule has 0 saturated heterocycles. The van der Waals surface area contributed by atoms with Crippen molar-refractivity contribution < 1.29 is 8.42 Å². The highest BCUT2D eigenvalue weighted by atomic mass is 35.7. The number of rotatable bonds is 1. The molecule has 0 amide bonds. The SMILES string of the molecule is O=S(=O)(Cl)c1ccc(Cl)c2ccncc12. The third kappa shape index (κ3) is 1.93. The van der Waals surface area contributed by atoms with Crippen LogP contribution in [-0.2, 0) is 9.05 Å². The Kier molecular flexibility index (Phi) is 2.58. The van der Waals surface area contributed by atoms with Crippen LogP contribution in [0.3, 0.4) is 0 Å². The summed E-state index contributed by atoms with van der Waals surface area (Å²) < 4.78 is 22.5. The van der Waals surface area contributed by atoms with Gasteiger partial charge in [-0.25, -0.2) is 8.42 Å². The number of fused-ring (bicyclic) bond motifs is 1. The molecule has 0 aliphatic carbocycles. The maximum absolute atomic E-state index is 11.3. The summed E-state index contributed by atoms with van der Waals surface area (Å²) in [6.45, 7) is 0. The number of halogens is 2. The van der Waals surface area contributed by atoms with Gasteiger partial charge in [-0.1, -0.05) is 11.6 Å². The third-order valence-electron chi connectivity index (χ3n) is 1.99. The molecule has 78 valence electrons. The summed E-state index contributed by atoms with van der Waals surface area (Å²) in [7, 11) is 1.52. The van der Waals surface area contributed by atoms with Crippen molar-refractivity contribution in [3.8, 4) is 0 Å². The van der Waals surface area contributed by atoms with Crippen LogP contribution >= 0.6 is 22.3 Å². The summed E-state index contributed by atoms with van der Waals surface area (Å²) in [5.41, 5.74) is 0. The molecular formula is C9H5Cl2NO2S. The van der Waals surface area contributed by atoms with Gasteiger partial charge in [0.05, 0.1) is 4.90 Å². The minimum Gasteiger partial charge on any atom is -0.264 e. The Morgan fingerprint density at radius 1 is 1.13 bits per heavy atom. The number of hydrogen-bond donors (Lipinski definition) is 0. The molecule has 15 heavy (non-hydrogen) atoms. The number of nitrogens with zero attached hydrogens (tertiary/aromatic N) is 1. The normalized spacial score (nSPS) is 11.9. The lowest BCUT2D eigenvalue weighted by Gasteiger charge is -2.03. The zero-order chi connectivity index (χ0) is 11.1. The average Bonchev–Trinajstić information content (AvgIpc) is 2.17. The highest BCUT2D eigenvalue weighted by molar-refractivity contribution is 8.14. The van der Waals surface area contributed by atoms with Gasteiger partial charge < -0.3 is 0 Å². The van der Waals surface area contributed by atoms with Gasteiger partial charge in [-0.15, -0.1) is 0 Å². The molecule has 0 radical (unpaired) electrons. The maximum Gasteiger partial charge on any atom is 0.261 e. The Morgan fingerprint density at radius 2 is 1.87 bits per heavy atom. The molecule has 2 rings (SSSR count). The smallest absolute Gasteiger partial charge is 0.261 e. The summed E-state index contributed by atoms with van der Waals surface area (Å²) in [5, 5.41) is 1.52. The van der Waals surface area contributed by atoms with Gasteiger partial charge >= 0.3 is 0 Å². The highest BCUT2D eigenvalue weighted by Crippen LogP contribution is 2.29. The molecule has 0 atom stereocenters. The van der Waals surface area contributed by atoms with Crippen LogP contribution in [0.4, 0.5) is 0 Å². The molecule has 6 heteroatoms. The zero-order valence-electron chi connectivity index (χ0n) is 7.31. The van der Waals surface area contributed by atoms with E-state index in [2.05, 4.69) is 4.98 Å². The number of aromatic nitrogens is 1. The van der Waals surface area contributed by atoms with Crippen molar-refractivity contribution >= 4 is 42.1 Å². The Balaban J connectivity index is 2.96. The van der Waals surface area contributed by atoms with Gasteiger partial charge in [0.25, 0.3) is 9.05 Å². The van der Waals surface area contributed by atoms with E-state index >= 15 is 0 Å². The van der Waals surface area contributed by atoms with E-state index in [4.69, 9.17) is 22.3 Å². The maximum atomic E-state index is 11.3. The molecule has 0 saturated carbocycles. The first-order valence-electron chi connectivity index (χ1n) is 3.97. The summed E-state index contributed by atoms with van der Waals surface area (Å²) in [5.74, 6) is 0. The van der Waals surface area contributed by atoms with Crippen molar-refractivity contribution in [1.82, 2.24) is 4.98 Å².